The molecule has 570 valence electrons. The largest absolute Gasteiger partial charge is 0.501 e. The lowest BCUT2D eigenvalue weighted by Gasteiger charge is -2.44. The summed E-state index contributed by atoms with van der Waals surface area (Å²) in [4.78, 5) is 84.3. The number of piperazine rings is 3. The number of anilines is 3. The molecule has 22 nitrogen and oxygen atoms in total. The molecule has 8 aliphatic rings. The van der Waals surface area contributed by atoms with Crippen LogP contribution in [0.1, 0.15) is 96.6 Å². The smallest absolute Gasteiger partial charge is 0.380 e. The van der Waals surface area contributed by atoms with Gasteiger partial charge in [-0.1, -0.05) is 54.4 Å². The summed E-state index contributed by atoms with van der Waals surface area (Å²) in [5, 5.41) is 6.09. The zero-order valence-corrected chi connectivity index (χ0v) is 63.3. The maximum atomic E-state index is 14.4. The average molecular weight is 1540 g/mol. The Balaban J connectivity index is 0.559. The summed E-state index contributed by atoms with van der Waals surface area (Å²) < 4.78 is 105. The summed E-state index contributed by atoms with van der Waals surface area (Å²) in [6.07, 6.45) is 6.80. The fraction of sp³-hybridized carbons (Fsp3) is 0.519. The summed E-state index contributed by atoms with van der Waals surface area (Å²) in [7, 11) is -11.0. The number of hydrogen-bond donors (Lipinski definition) is 3. The third-order valence-corrected chi connectivity index (χ3v) is 26.7. The number of imide groups is 1. The molecular formula is C77H96ClF3N12O10S3. The quantitative estimate of drug-likeness (QED) is 0.0388. The lowest BCUT2D eigenvalue weighted by molar-refractivity contribution is -0.137. The van der Waals surface area contributed by atoms with Gasteiger partial charge in [0, 0.05) is 182 Å². The van der Waals surface area contributed by atoms with Crippen LogP contribution in [0.25, 0.3) is 5.57 Å². The predicted octanol–water partition coefficient (Wildman–Crippen LogP) is 8.64. The Morgan fingerprint density at radius 1 is 0.717 bits per heavy atom. The van der Waals surface area contributed by atoms with Crippen molar-refractivity contribution in [2.45, 2.75) is 104 Å². The van der Waals surface area contributed by atoms with Crippen LogP contribution < -0.4 is 25.2 Å². The van der Waals surface area contributed by atoms with Gasteiger partial charge in [0.25, 0.3) is 31.7 Å². The van der Waals surface area contributed by atoms with E-state index in [0.29, 0.717) is 107 Å². The van der Waals surface area contributed by atoms with Crippen LogP contribution in [0.3, 0.4) is 0 Å². The van der Waals surface area contributed by atoms with Gasteiger partial charge < -0.3 is 34.6 Å². The molecule has 0 saturated carbocycles. The van der Waals surface area contributed by atoms with Crippen molar-refractivity contribution in [1.29, 1.82) is 0 Å². The topological polar surface area (TPSA) is 228 Å². The maximum Gasteiger partial charge on any atom is 0.501 e. The fourth-order valence-electron chi connectivity index (χ4n) is 16.3. The molecule has 0 spiro atoms. The summed E-state index contributed by atoms with van der Waals surface area (Å²) in [5.74, 6) is -0.770. The molecule has 0 radical (unpaired) electrons. The molecule has 6 fully saturated rings. The summed E-state index contributed by atoms with van der Waals surface area (Å²) in [6, 6.07) is 31.2. The van der Waals surface area contributed by atoms with Crippen molar-refractivity contribution in [3.63, 3.8) is 0 Å². The molecule has 3 atom stereocenters. The molecule has 1 unspecified atom stereocenters. The van der Waals surface area contributed by atoms with Gasteiger partial charge in [0.1, 0.15) is 10.9 Å². The number of carbonyl (C=O) groups excluding carboxylic acids is 5. The number of sulfonamides is 1. The fourth-order valence-corrected chi connectivity index (χ4v) is 19.5. The van der Waals surface area contributed by atoms with E-state index in [4.69, 9.17) is 16.3 Å². The van der Waals surface area contributed by atoms with Gasteiger partial charge in [-0.3, -0.25) is 48.9 Å². The first-order chi connectivity index (χ1) is 50.9. The van der Waals surface area contributed by atoms with Crippen molar-refractivity contribution in [3.8, 4) is 0 Å². The number of allylic oxidation sites excluding steroid dienone is 1. The van der Waals surface area contributed by atoms with E-state index >= 15 is 0 Å². The minimum atomic E-state index is -6.10. The second kappa shape index (κ2) is 33.8. The number of thioether (sulfide) groups is 1. The van der Waals surface area contributed by atoms with E-state index < -0.39 is 64.7 Å². The van der Waals surface area contributed by atoms with Crippen LogP contribution in [-0.4, -0.2) is 255 Å². The molecule has 1 aliphatic carbocycles. The predicted molar refractivity (Wildman–Crippen MR) is 404 cm³/mol. The average Bonchev–Trinajstić information content (AvgIpc) is 1.21. The van der Waals surface area contributed by atoms with Crippen LogP contribution in [0.5, 0.6) is 0 Å². The lowest BCUT2D eigenvalue weighted by Crippen LogP contribution is -2.54. The van der Waals surface area contributed by atoms with E-state index in [1.807, 2.05) is 59.3 Å². The Kier molecular flexibility index (Phi) is 24.6. The highest BCUT2D eigenvalue weighted by Gasteiger charge is 2.49. The van der Waals surface area contributed by atoms with Crippen molar-refractivity contribution >= 4 is 95.4 Å². The Bertz CT molecular complexity index is 4240. The molecule has 106 heavy (non-hydrogen) atoms. The molecule has 0 aromatic heterocycles. The number of fused-ring (bicyclic) bond motifs is 1. The SMILES string of the molecule is C[C@@]1(CN2CCN(C(=O)CN3CCC(CN4CCN(c5ccc6c(c5)CN(C5CCC(=O)NC5=O)C6=O)CC4)CC3)CC2)CCC(c2ccc(Cl)cc2)=C(CN2CCN(c3ccc(C(=O)NS(=O)(=O)c4ccc(N[C@H](CCN5CCCOCC5)CSc5ccccc5)c(S(=O)(=O)C(F)(F)F)c4)cc3)CC2)C1. The summed E-state index contributed by atoms with van der Waals surface area (Å²) in [6.45, 7) is 20.5. The van der Waals surface area contributed by atoms with E-state index in [2.05, 4.69) is 75.0 Å². The Labute approximate surface area is 629 Å². The second-order valence-electron chi connectivity index (χ2n) is 29.9. The van der Waals surface area contributed by atoms with Crippen molar-refractivity contribution < 1.29 is 58.7 Å². The number of carbonyl (C=O) groups is 5. The zero-order chi connectivity index (χ0) is 74.3. The molecule has 5 aromatic rings. The standard InChI is InChI=1S/C77H96ClF3N12O10S3/c1-76(54-89-35-41-92(42-36-89)72(95)52-86-28-23-55(24-29-86)49-87-31-39-91(40-32-87)63-16-18-67-58(46-63)51-93(75(67)98)69-20-21-71(94)83-74(69)97)26-22-66(56-8-12-60(78)13-9-56)59(48-76)50-88-33-37-90(38-34-88)62-14-10-57(11-15-62)73(96)84-106(101,102)65-17-19-68(70(47-65)105(99,100)77(79,80)81)82-61(53-104-64-6-3-2-4-7-64)25-30-85-27-5-44-103-45-43-85/h2-4,6-19,46-47,55,61,69,82H,5,20-45,48-54H2,1H3,(H,84,96)(H,83,94,97)/t61-,69?,76-/m1/s1. The number of sulfone groups is 1. The molecule has 7 aliphatic heterocycles. The van der Waals surface area contributed by atoms with Crippen molar-refractivity contribution in [1.82, 2.24) is 44.3 Å². The summed E-state index contributed by atoms with van der Waals surface area (Å²) >= 11 is 7.86. The number of piperidine rings is 2. The van der Waals surface area contributed by atoms with Gasteiger partial charge in [-0.05, 0) is 177 Å². The minimum Gasteiger partial charge on any atom is -0.380 e. The second-order valence-corrected chi connectivity index (χ2v) is 35.0. The van der Waals surface area contributed by atoms with Crippen molar-refractivity contribution in [2.75, 3.05) is 172 Å². The van der Waals surface area contributed by atoms with E-state index in [-0.39, 0.29) is 35.1 Å². The van der Waals surface area contributed by atoms with Gasteiger partial charge >= 0.3 is 5.51 Å². The Hall–Kier alpha value is -7.12. The van der Waals surface area contributed by atoms with Crippen LogP contribution in [-0.2, 0) is 45.5 Å². The van der Waals surface area contributed by atoms with Crippen LogP contribution in [0.2, 0.25) is 5.02 Å². The molecule has 13 rings (SSSR count). The number of benzene rings is 5. The van der Waals surface area contributed by atoms with E-state index in [1.54, 1.807) is 17.0 Å². The molecular weight excluding hydrogens is 1440 g/mol. The number of hydrogen-bond acceptors (Lipinski definition) is 19. The van der Waals surface area contributed by atoms with Gasteiger partial charge in [-0.15, -0.1) is 11.8 Å². The first-order valence-electron chi connectivity index (χ1n) is 37.2. The van der Waals surface area contributed by atoms with Crippen LogP contribution in [0.4, 0.5) is 30.2 Å². The zero-order valence-electron chi connectivity index (χ0n) is 60.1. The number of ether oxygens (including phenoxy) is 1. The number of halogens is 4. The number of nitrogens with one attached hydrogen (secondary N) is 3. The number of likely N-dealkylation sites (tertiary alicyclic amines) is 1. The van der Waals surface area contributed by atoms with E-state index in [9.17, 15) is 54.0 Å². The van der Waals surface area contributed by atoms with Crippen LogP contribution in [0, 0.1) is 11.3 Å². The Morgan fingerprint density at radius 2 is 1.41 bits per heavy atom. The number of rotatable bonds is 24. The monoisotopic (exact) mass is 1540 g/mol. The summed E-state index contributed by atoms with van der Waals surface area (Å²) in [5.41, 5.74) is 1.18. The van der Waals surface area contributed by atoms with Crippen LogP contribution in [0.15, 0.2) is 136 Å². The van der Waals surface area contributed by atoms with Crippen molar-refractivity contribution in [3.05, 3.63) is 148 Å². The van der Waals surface area contributed by atoms with Crippen LogP contribution >= 0.6 is 23.4 Å². The van der Waals surface area contributed by atoms with E-state index in [1.165, 1.54) is 40.6 Å². The lowest BCUT2D eigenvalue weighted by atomic mass is 9.71. The van der Waals surface area contributed by atoms with Crippen molar-refractivity contribution in [2.24, 2.45) is 11.3 Å². The molecule has 5 amide bonds. The number of nitrogens with zero attached hydrogens (tertiary/aromatic N) is 9. The van der Waals surface area contributed by atoms with Gasteiger partial charge in [-0.2, -0.15) is 13.2 Å². The van der Waals surface area contributed by atoms with Gasteiger partial charge in [0.15, 0.2) is 0 Å². The molecule has 3 N–H and O–H groups in total. The van der Waals surface area contributed by atoms with Gasteiger partial charge in [-0.25, -0.2) is 21.6 Å². The molecule has 6 saturated heterocycles. The highest BCUT2D eigenvalue weighted by molar-refractivity contribution is 7.99. The highest BCUT2D eigenvalue weighted by Crippen LogP contribution is 2.45. The maximum absolute atomic E-state index is 14.4. The highest BCUT2D eigenvalue weighted by atomic mass is 35.5. The minimum absolute atomic E-state index is 0.00845. The molecule has 0 bridgehead atoms. The third kappa shape index (κ3) is 18.9. The molecule has 5 aromatic carbocycles. The molecule has 7 heterocycles. The number of amides is 5. The molecule has 29 heteroatoms. The first-order valence-corrected chi connectivity index (χ1v) is 41.5. The first kappa shape index (κ1) is 77.1. The van der Waals surface area contributed by atoms with E-state index in [0.717, 1.165) is 164 Å². The normalized spacial score (nSPS) is 22.3. The third-order valence-electron chi connectivity index (χ3n) is 22.4. The van der Waals surface area contributed by atoms with Gasteiger partial charge in [0.2, 0.25) is 17.7 Å². The number of alkyl halides is 3. The van der Waals surface area contributed by atoms with Gasteiger partial charge in [0.05, 0.1) is 23.7 Å². The Morgan fingerprint density at radius 3 is 2.11 bits per heavy atom.